The van der Waals surface area contributed by atoms with Crippen LogP contribution >= 0.6 is 0 Å². The predicted octanol–water partition coefficient (Wildman–Crippen LogP) is 0.980. The van der Waals surface area contributed by atoms with Gasteiger partial charge in [0.1, 0.15) is 0 Å². The minimum Gasteiger partial charge on any atom is -0.394 e. The maximum absolute atomic E-state index is 9.08. The van der Waals surface area contributed by atoms with Crippen molar-refractivity contribution in [2.75, 3.05) is 33.0 Å². The summed E-state index contributed by atoms with van der Waals surface area (Å²) in [4.78, 5) is 0. The lowest BCUT2D eigenvalue weighted by Gasteiger charge is -2.21. The average molecular weight is 308 g/mol. The standard InChI is InChI=1S/C15H32O6/c1-11(17)7-18-8-14(4)21-15(5)10-19-9-13(3)20-12(2)6-16/h11-17H,6-10H2,1-5H3. The SMILES string of the molecule is CC(O)COCC(C)OC(C)COCC(C)OC(C)CO. The van der Waals surface area contributed by atoms with Gasteiger partial charge in [0.25, 0.3) is 0 Å². The van der Waals surface area contributed by atoms with Crippen LogP contribution in [0, 0.1) is 0 Å². The highest BCUT2D eigenvalue weighted by molar-refractivity contribution is 4.57. The molecule has 0 aromatic carbocycles. The molecule has 0 radical (unpaired) electrons. The minimum atomic E-state index is -0.458. The van der Waals surface area contributed by atoms with E-state index in [0.717, 1.165) is 0 Å². The van der Waals surface area contributed by atoms with Crippen molar-refractivity contribution in [1.29, 1.82) is 0 Å². The summed E-state index contributed by atoms with van der Waals surface area (Å²) < 4.78 is 22.0. The molecule has 5 unspecified atom stereocenters. The maximum atomic E-state index is 9.08. The highest BCUT2D eigenvalue weighted by atomic mass is 16.6. The van der Waals surface area contributed by atoms with Crippen molar-refractivity contribution < 1.29 is 29.2 Å². The summed E-state index contributed by atoms with van der Waals surface area (Å²) in [5.74, 6) is 0. The van der Waals surface area contributed by atoms with Gasteiger partial charge in [-0.25, -0.2) is 0 Å². The monoisotopic (exact) mass is 308 g/mol. The number of aliphatic hydroxyl groups excluding tert-OH is 2. The van der Waals surface area contributed by atoms with E-state index in [1.165, 1.54) is 0 Å². The van der Waals surface area contributed by atoms with Crippen LogP contribution < -0.4 is 0 Å². The van der Waals surface area contributed by atoms with Gasteiger partial charge in [-0.3, -0.25) is 0 Å². The summed E-state index contributed by atoms with van der Waals surface area (Å²) in [7, 11) is 0. The molecule has 5 atom stereocenters. The van der Waals surface area contributed by atoms with Crippen molar-refractivity contribution in [2.24, 2.45) is 0 Å². The highest BCUT2D eigenvalue weighted by Gasteiger charge is 2.12. The Bertz CT molecular complexity index is 236. The maximum Gasteiger partial charge on any atom is 0.0785 e. The molecule has 21 heavy (non-hydrogen) atoms. The molecule has 0 aliphatic carbocycles. The van der Waals surface area contributed by atoms with Crippen molar-refractivity contribution in [2.45, 2.75) is 65.1 Å². The molecule has 0 aliphatic rings. The fourth-order valence-electron chi connectivity index (χ4n) is 1.76. The molecule has 0 saturated carbocycles. The first-order valence-corrected chi connectivity index (χ1v) is 7.60. The molecule has 0 spiro atoms. The third kappa shape index (κ3) is 13.2. The molecule has 6 nitrogen and oxygen atoms in total. The summed E-state index contributed by atoms with van der Waals surface area (Å²) in [6.07, 6.45) is -0.793. The van der Waals surface area contributed by atoms with Gasteiger partial charge in [-0.1, -0.05) is 0 Å². The van der Waals surface area contributed by atoms with Gasteiger partial charge in [0.05, 0.1) is 63.6 Å². The van der Waals surface area contributed by atoms with E-state index in [0.29, 0.717) is 26.4 Å². The molecular weight excluding hydrogens is 276 g/mol. The molecule has 0 amide bonds. The van der Waals surface area contributed by atoms with Gasteiger partial charge in [-0.2, -0.15) is 0 Å². The van der Waals surface area contributed by atoms with Crippen LogP contribution in [0.5, 0.6) is 0 Å². The second-order valence-corrected chi connectivity index (χ2v) is 5.62. The van der Waals surface area contributed by atoms with E-state index >= 15 is 0 Å². The summed E-state index contributed by atoms with van der Waals surface area (Å²) in [6.45, 7) is 11.0. The number of aliphatic hydroxyl groups is 2. The van der Waals surface area contributed by atoms with Crippen LogP contribution in [0.1, 0.15) is 34.6 Å². The minimum absolute atomic E-state index is 0.00776. The Morgan fingerprint density at radius 1 is 0.667 bits per heavy atom. The lowest BCUT2D eigenvalue weighted by Crippen LogP contribution is -2.29. The van der Waals surface area contributed by atoms with Crippen LogP contribution in [0.3, 0.4) is 0 Å². The average Bonchev–Trinajstić information content (AvgIpc) is 2.37. The second kappa shape index (κ2) is 12.3. The van der Waals surface area contributed by atoms with Crippen molar-refractivity contribution >= 4 is 0 Å². The summed E-state index contributed by atoms with van der Waals surface area (Å²) in [5, 5.41) is 18.0. The van der Waals surface area contributed by atoms with Gasteiger partial charge in [0.15, 0.2) is 0 Å². The molecule has 0 saturated heterocycles. The van der Waals surface area contributed by atoms with Gasteiger partial charge in [-0.15, -0.1) is 0 Å². The second-order valence-electron chi connectivity index (χ2n) is 5.62. The van der Waals surface area contributed by atoms with E-state index in [2.05, 4.69) is 0 Å². The molecule has 0 aromatic rings. The first-order chi connectivity index (χ1) is 9.85. The van der Waals surface area contributed by atoms with E-state index in [1.807, 2.05) is 27.7 Å². The summed E-state index contributed by atoms with van der Waals surface area (Å²) >= 11 is 0. The molecule has 0 aromatic heterocycles. The first-order valence-electron chi connectivity index (χ1n) is 7.60. The lowest BCUT2D eigenvalue weighted by molar-refractivity contribution is -0.0979. The van der Waals surface area contributed by atoms with Crippen LogP contribution in [0.4, 0.5) is 0 Å². The third-order valence-corrected chi connectivity index (χ3v) is 2.60. The Morgan fingerprint density at radius 3 is 1.43 bits per heavy atom. The number of rotatable bonds is 13. The third-order valence-electron chi connectivity index (χ3n) is 2.60. The summed E-state index contributed by atoms with van der Waals surface area (Å²) in [5.41, 5.74) is 0. The van der Waals surface area contributed by atoms with Crippen molar-refractivity contribution in [3.8, 4) is 0 Å². The number of hydrogen-bond donors (Lipinski definition) is 2. The van der Waals surface area contributed by atoms with Gasteiger partial charge in [0.2, 0.25) is 0 Å². The van der Waals surface area contributed by atoms with Crippen molar-refractivity contribution in [3.63, 3.8) is 0 Å². The van der Waals surface area contributed by atoms with E-state index in [4.69, 9.17) is 29.2 Å². The Balaban J connectivity index is 3.62. The van der Waals surface area contributed by atoms with Gasteiger partial charge in [-0.05, 0) is 34.6 Å². The van der Waals surface area contributed by atoms with E-state index in [1.54, 1.807) is 6.92 Å². The van der Waals surface area contributed by atoms with E-state index in [9.17, 15) is 0 Å². The molecular formula is C15H32O6. The Kier molecular flexibility index (Phi) is 12.2. The molecule has 0 fully saturated rings. The Labute approximate surface area is 128 Å². The molecule has 0 heterocycles. The van der Waals surface area contributed by atoms with Crippen LogP contribution in [0.15, 0.2) is 0 Å². The Morgan fingerprint density at radius 2 is 1.05 bits per heavy atom. The molecule has 0 rings (SSSR count). The van der Waals surface area contributed by atoms with Crippen LogP contribution in [-0.2, 0) is 18.9 Å². The molecule has 6 heteroatoms. The quantitative estimate of drug-likeness (QED) is 0.528. The molecule has 128 valence electrons. The van der Waals surface area contributed by atoms with Gasteiger partial charge >= 0.3 is 0 Å². The number of hydrogen-bond acceptors (Lipinski definition) is 6. The zero-order valence-electron chi connectivity index (χ0n) is 13.9. The molecule has 2 N–H and O–H groups in total. The normalized spacial score (nSPS) is 19.0. The zero-order valence-corrected chi connectivity index (χ0v) is 13.9. The van der Waals surface area contributed by atoms with Crippen LogP contribution in [0.2, 0.25) is 0 Å². The topological polar surface area (TPSA) is 77.4 Å². The fraction of sp³-hybridized carbons (Fsp3) is 1.00. The highest BCUT2D eigenvalue weighted by Crippen LogP contribution is 2.03. The van der Waals surface area contributed by atoms with Crippen molar-refractivity contribution in [1.82, 2.24) is 0 Å². The first kappa shape index (κ1) is 20.8. The summed E-state index contributed by atoms with van der Waals surface area (Å²) in [6, 6.07) is 0. The predicted molar refractivity (Wildman–Crippen MR) is 80.4 cm³/mol. The van der Waals surface area contributed by atoms with E-state index in [-0.39, 0.29) is 31.0 Å². The zero-order chi connectivity index (χ0) is 16.3. The lowest BCUT2D eigenvalue weighted by atomic mass is 10.3. The number of ether oxygens (including phenoxy) is 4. The Hall–Kier alpha value is -0.240. The van der Waals surface area contributed by atoms with Gasteiger partial charge < -0.3 is 29.2 Å². The van der Waals surface area contributed by atoms with Crippen LogP contribution in [-0.4, -0.2) is 73.8 Å². The molecule has 0 bridgehead atoms. The fourth-order valence-corrected chi connectivity index (χ4v) is 1.76. The van der Waals surface area contributed by atoms with Gasteiger partial charge in [0, 0.05) is 0 Å². The molecule has 0 aliphatic heterocycles. The van der Waals surface area contributed by atoms with Crippen LogP contribution in [0.25, 0.3) is 0 Å². The van der Waals surface area contributed by atoms with Crippen molar-refractivity contribution in [3.05, 3.63) is 0 Å². The largest absolute Gasteiger partial charge is 0.394 e. The van der Waals surface area contributed by atoms with E-state index < -0.39 is 6.10 Å². The smallest absolute Gasteiger partial charge is 0.0785 e.